The number of carbonyl (C=O) groups is 3. The van der Waals surface area contributed by atoms with Crippen molar-refractivity contribution in [2.75, 3.05) is 5.32 Å². The molecule has 33 heavy (non-hydrogen) atoms. The number of aromatic nitrogens is 2. The first-order valence-corrected chi connectivity index (χ1v) is 10.8. The second kappa shape index (κ2) is 8.24. The molecule has 0 bridgehead atoms. The standard InChI is InChI=1S/C23H26N6O4/c1-23(2,3)33-22(32)28-11-14-10-15(6-7-16(14)21(28)31)26-20-17(19(25)30)12-29(27-20)18(8-9-24)13-4-5-13/h6-7,10,12-13,18H,4-5,8,11H2,1-3H3,(H2,25,30)(H,26,27). The van der Waals surface area contributed by atoms with E-state index in [1.165, 1.54) is 0 Å². The van der Waals surface area contributed by atoms with Crippen LogP contribution in [0.25, 0.3) is 0 Å². The average Bonchev–Trinajstić information content (AvgIpc) is 3.39. The maximum atomic E-state index is 12.6. The Balaban J connectivity index is 1.57. The number of hydrogen-bond acceptors (Lipinski definition) is 7. The molecule has 1 aliphatic heterocycles. The van der Waals surface area contributed by atoms with Crippen LogP contribution in [0.1, 0.15) is 72.4 Å². The van der Waals surface area contributed by atoms with E-state index in [4.69, 9.17) is 15.7 Å². The molecule has 1 fully saturated rings. The quantitative estimate of drug-likeness (QED) is 0.685. The second-order valence-electron chi connectivity index (χ2n) is 9.37. The van der Waals surface area contributed by atoms with E-state index in [-0.39, 0.29) is 24.0 Å². The number of hydrogen-bond donors (Lipinski definition) is 2. The van der Waals surface area contributed by atoms with Crippen molar-refractivity contribution in [1.82, 2.24) is 14.7 Å². The van der Waals surface area contributed by atoms with Crippen LogP contribution in [0.5, 0.6) is 0 Å². The van der Waals surface area contributed by atoms with Gasteiger partial charge in [-0.15, -0.1) is 0 Å². The van der Waals surface area contributed by atoms with Crippen LogP contribution in [0.2, 0.25) is 0 Å². The number of ether oxygens (including phenoxy) is 1. The fourth-order valence-electron chi connectivity index (χ4n) is 3.88. The third-order valence-electron chi connectivity index (χ3n) is 5.59. The number of carbonyl (C=O) groups excluding carboxylic acids is 3. The van der Waals surface area contributed by atoms with E-state index in [0.717, 1.165) is 17.7 Å². The molecule has 2 aromatic rings. The van der Waals surface area contributed by atoms with E-state index in [9.17, 15) is 14.4 Å². The molecule has 10 nitrogen and oxygen atoms in total. The van der Waals surface area contributed by atoms with Crippen molar-refractivity contribution < 1.29 is 19.1 Å². The predicted molar refractivity (Wildman–Crippen MR) is 119 cm³/mol. The number of anilines is 2. The van der Waals surface area contributed by atoms with Crippen molar-refractivity contribution in [3.8, 4) is 6.07 Å². The van der Waals surface area contributed by atoms with Crippen molar-refractivity contribution in [1.29, 1.82) is 5.26 Å². The van der Waals surface area contributed by atoms with Gasteiger partial charge in [0.25, 0.3) is 11.8 Å². The highest BCUT2D eigenvalue weighted by molar-refractivity contribution is 6.06. The molecule has 3 amide bonds. The maximum absolute atomic E-state index is 12.6. The molecule has 1 atom stereocenters. The Labute approximate surface area is 191 Å². The first-order valence-electron chi connectivity index (χ1n) is 10.8. The zero-order valence-electron chi connectivity index (χ0n) is 18.8. The molecule has 2 heterocycles. The van der Waals surface area contributed by atoms with Crippen molar-refractivity contribution in [3.05, 3.63) is 41.1 Å². The van der Waals surface area contributed by atoms with Crippen molar-refractivity contribution in [2.45, 2.75) is 58.2 Å². The molecule has 1 saturated carbocycles. The third-order valence-corrected chi connectivity index (χ3v) is 5.59. The van der Waals surface area contributed by atoms with E-state index in [0.29, 0.717) is 29.2 Å². The van der Waals surface area contributed by atoms with Gasteiger partial charge in [-0.05, 0) is 63.3 Å². The summed E-state index contributed by atoms with van der Waals surface area (Å²) in [7, 11) is 0. The number of nitrogens with zero attached hydrogens (tertiary/aromatic N) is 4. The summed E-state index contributed by atoms with van der Waals surface area (Å²) >= 11 is 0. The van der Waals surface area contributed by atoms with Crippen LogP contribution in [0, 0.1) is 17.2 Å². The summed E-state index contributed by atoms with van der Waals surface area (Å²) in [6.45, 7) is 5.29. The lowest BCUT2D eigenvalue weighted by molar-refractivity contribution is 0.0248. The minimum Gasteiger partial charge on any atom is -0.443 e. The number of nitrogens with two attached hydrogens (primary N) is 1. The van der Waals surface area contributed by atoms with Gasteiger partial charge in [-0.3, -0.25) is 14.3 Å². The van der Waals surface area contributed by atoms with E-state index >= 15 is 0 Å². The zero-order chi connectivity index (χ0) is 23.9. The molecule has 10 heteroatoms. The van der Waals surface area contributed by atoms with Gasteiger partial charge in [-0.25, -0.2) is 9.69 Å². The van der Waals surface area contributed by atoms with Crippen molar-refractivity contribution in [2.24, 2.45) is 11.7 Å². The highest BCUT2D eigenvalue weighted by atomic mass is 16.6. The largest absolute Gasteiger partial charge is 0.443 e. The Kier molecular flexibility index (Phi) is 5.57. The summed E-state index contributed by atoms with van der Waals surface area (Å²) in [5.74, 6) is -0.415. The first-order chi connectivity index (χ1) is 15.6. The van der Waals surface area contributed by atoms with E-state index < -0.39 is 23.5 Å². The molecule has 3 N–H and O–H groups in total. The Morgan fingerprint density at radius 1 is 1.36 bits per heavy atom. The summed E-state index contributed by atoms with van der Waals surface area (Å²) in [5, 5.41) is 16.8. The number of rotatable bonds is 6. The fourth-order valence-corrected chi connectivity index (χ4v) is 3.88. The van der Waals surface area contributed by atoms with Crippen LogP contribution in [0.4, 0.5) is 16.3 Å². The lowest BCUT2D eigenvalue weighted by atomic mass is 10.1. The highest BCUT2D eigenvalue weighted by Gasteiger charge is 2.36. The molecule has 1 aromatic carbocycles. The third kappa shape index (κ3) is 4.67. The van der Waals surface area contributed by atoms with Gasteiger partial charge in [0.15, 0.2) is 5.82 Å². The molecule has 172 valence electrons. The van der Waals surface area contributed by atoms with Gasteiger partial charge in [0.2, 0.25) is 0 Å². The number of primary amides is 1. The predicted octanol–water partition coefficient (Wildman–Crippen LogP) is 3.48. The summed E-state index contributed by atoms with van der Waals surface area (Å²) in [6, 6.07) is 7.10. The van der Waals surface area contributed by atoms with Crippen molar-refractivity contribution >= 4 is 29.4 Å². The van der Waals surface area contributed by atoms with Crippen molar-refractivity contribution in [3.63, 3.8) is 0 Å². The SMILES string of the molecule is CC(C)(C)OC(=O)N1Cc2cc(Nc3nn(C(CC#N)C4CC4)cc3C(N)=O)ccc2C1=O. The molecule has 1 unspecified atom stereocenters. The molecule has 0 spiro atoms. The number of benzene rings is 1. The van der Waals surface area contributed by atoms with Gasteiger partial charge in [0.1, 0.15) is 11.2 Å². The average molecular weight is 450 g/mol. The number of imide groups is 1. The van der Waals surface area contributed by atoms with Gasteiger partial charge in [0.05, 0.1) is 25.1 Å². The summed E-state index contributed by atoms with van der Waals surface area (Å²) in [6.07, 6.45) is 3.22. The Morgan fingerprint density at radius 2 is 2.09 bits per heavy atom. The molecule has 4 rings (SSSR count). The zero-order valence-corrected chi connectivity index (χ0v) is 18.8. The van der Waals surface area contributed by atoms with Gasteiger partial charge >= 0.3 is 6.09 Å². The number of nitriles is 1. The van der Waals surface area contributed by atoms with Crippen LogP contribution in [-0.2, 0) is 11.3 Å². The van der Waals surface area contributed by atoms with E-state index in [2.05, 4.69) is 16.5 Å². The molecule has 1 aromatic heterocycles. The molecular weight excluding hydrogens is 424 g/mol. The van der Waals surface area contributed by atoms with Gasteiger partial charge in [0, 0.05) is 17.4 Å². The Bertz CT molecular complexity index is 1170. The molecule has 1 aliphatic carbocycles. The topological polar surface area (TPSA) is 143 Å². The normalized spacial score (nSPS) is 16.2. The van der Waals surface area contributed by atoms with Gasteiger partial charge in [-0.2, -0.15) is 10.4 Å². The molecule has 0 saturated heterocycles. The lowest BCUT2D eigenvalue weighted by Crippen LogP contribution is -2.36. The van der Waals surface area contributed by atoms with Crippen LogP contribution in [-0.4, -0.2) is 38.2 Å². The minimum atomic E-state index is -0.716. The Hall–Kier alpha value is -3.87. The fraction of sp³-hybridized carbons (Fsp3) is 0.435. The maximum Gasteiger partial charge on any atom is 0.417 e. The highest BCUT2D eigenvalue weighted by Crippen LogP contribution is 2.41. The summed E-state index contributed by atoms with van der Waals surface area (Å²) in [4.78, 5) is 38.1. The first kappa shape index (κ1) is 22.3. The van der Waals surface area contributed by atoms with Crippen LogP contribution in [0.15, 0.2) is 24.4 Å². The van der Waals surface area contributed by atoms with Crippen LogP contribution in [0.3, 0.4) is 0 Å². The van der Waals surface area contributed by atoms with Gasteiger partial charge in [-0.1, -0.05) is 0 Å². The van der Waals surface area contributed by atoms with E-state index in [1.54, 1.807) is 49.8 Å². The molecule has 2 aliphatic rings. The second-order valence-corrected chi connectivity index (χ2v) is 9.37. The number of fused-ring (bicyclic) bond motifs is 1. The van der Waals surface area contributed by atoms with Crippen LogP contribution >= 0.6 is 0 Å². The molecule has 0 radical (unpaired) electrons. The van der Waals surface area contributed by atoms with Gasteiger partial charge < -0.3 is 15.8 Å². The summed E-state index contributed by atoms with van der Waals surface area (Å²) < 4.78 is 6.97. The van der Waals surface area contributed by atoms with Crippen LogP contribution < -0.4 is 11.1 Å². The monoisotopic (exact) mass is 450 g/mol. The number of nitrogens with one attached hydrogen (secondary N) is 1. The number of amides is 3. The van der Waals surface area contributed by atoms with E-state index in [1.807, 2.05) is 0 Å². The summed E-state index contributed by atoms with van der Waals surface area (Å²) in [5.41, 5.74) is 6.70. The molecular formula is C23H26N6O4. The minimum absolute atomic E-state index is 0.0850. The smallest absolute Gasteiger partial charge is 0.417 e. The lowest BCUT2D eigenvalue weighted by Gasteiger charge is -2.23. The Morgan fingerprint density at radius 3 is 2.70 bits per heavy atom.